The van der Waals surface area contributed by atoms with Gasteiger partial charge in [0.25, 0.3) is 5.91 Å². The van der Waals surface area contributed by atoms with E-state index in [-0.39, 0.29) is 17.2 Å². The van der Waals surface area contributed by atoms with Crippen molar-refractivity contribution >= 4 is 17.5 Å². The molecule has 1 saturated carbocycles. The Labute approximate surface area is 151 Å². The average molecular weight is 344 g/mol. The van der Waals surface area contributed by atoms with Gasteiger partial charge in [0, 0.05) is 13.0 Å². The Morgan fingerprint density at radius 1 is 1.08 bits per heavy atom. The Balaban J connectivity index is 1.95. The van der Waals surface area contributed by atoms with E-state index in [4.69, 9.17) is 0 Å². The Morgan fingerprint density at radius 3 is 2.52 bits per heavy atom. The van der Waals surface area contributed by atoms with Crippen molar-refractivity contribution in [2.75, 3.05) is 11.9 Å². The molecule has 1 aliphatic rings. The molecule has 2 amide bonds. The van der Waals surface area contributed by atoms with Crippen LogP contribution in [0.25, 0.3) is 0 Å². The number of benzene rings is 1. The lowest BCUT2D eigenvalue weighted by Gasteiger charge is -2.32. The zero-order chi connectivity index (χ0) is 18.1. The first kappa shape index (κ1) is 19.5. The summed E-state index contributed by atoms with van der Waals surface area (Å²) >= 11 is 0. The van der Waals surface area contributed by atoms with Crippen molar-refractivity contribution in [3.05, 3.63) is 29.8 Å². The lowest BCUT2D eigenvalue weighted by Crippen LogP contribution is -2.29. The minimum Gasteiger partial charge on any atom is -0.352 e. The molecule has 4 nitrogen and oxygen atoms in total. The molecular weight excluding hydrogens is 312 g/mol. The lowest BCUT2D eigenvalue weighted by molar-refractivity contribution is -0.118. The normalized spacial score (nSPS) is 16.2. The van der Waals surface area contributed by atoms with Gasteiger partial charge in [-0.3, -0.25) is 9.59 Å². The second-order valence-corrected chi connectivity index (χ2v) is 7.60. The van der Waals surface area contributed by atoms with Crippen LogP contribution in [-0.4, -0.2) is 18.4 Å². The predicted octanol–water partition coefficient (Wildman–Crippen LogP) is 4.91. The van der Waals surface area contributed by atoms with Gasteiger partial charge in [-0.25, -0.2) is 0 Å². The van der Waals surface area contributed by atoms with Gasteiger partial charge >= 0.3 is 0 Å². The quantitative estimate of drug-likeness (QED) is 0.659. The number of amides is 2. The van der Waals surface area contributed by atoms with Gasteiger partial charge in [0.2, 0.25) is 5.91 Å². The zero-order valence-electron chi connectivity index (χ0n) is 15.7. The van der Waals surface area contributed by atoms with Gasteiger partial charge in [0.15, 0.2) is 0 Å². The fraction of sp³-hybridized carbons (Fsp3) is 0.619. The minimum absolute atomic E-state index is 0.00985. The minimum atomic E-state index is -0.115. The zero-order valence-corrected chi connectivity index (χ0v) is 15.7. The first-order chi connectivity index (χ1) is 12.0. The van der Waals surface area contributed by atoms with E-state index in [1.165, 1.54) is 19.3 Å². The summed E-state index contributed by atoms with van der Waals surface area (Å²) in [4.78, 5) is 24.9. The highest BCUT2D eigenvalue weighted by molar-refractivity contribution is 6.03. The molecule has 0 aromatic heterocycles. The summed E-state index contributed by atoms with van der Waals surface area (Å²) in [6.07, 6.45) is 9.66. The standard InChI is InChI=1S/C21H32N2O2/c1-3-4-10-15-22-20(25)17-11-6-7-12-18(17)23-19(24)16-21(2)13-8-5-9-14-21/h6-7,11-12H,3-5,8-10,13-16H2,1-2H3,(H,22,25)(H,23,24). The van der Waals surface area contributed by atoms with Crippen LogP contribution in [0, 0.1) is 5.41 Å². The molecule has 0 unspecified atom stereocenters. The maximum Gasteiger partial charge on any atom is 0.253 e. The number of hydrogen-bond donors (Lipinski definition) is 2. The Bertz CT molecular complexity index is 577. The molecule has 0 radical (unpaired) electrons. The first-order valence-corrected chi connectivity index (χ1v) is 9.71. The van der Waals surface area contributed by atoms with E-state index in [0.717, 1.165) is 32.1 Å². The van der Waals surface area contributed by atoms with Crippen LogP contribution < -0.4 is 10.6 Å². The van der Waals surface area contributed by atoms with E-state index in [1.54, 1.807) is 6.07 Å². The maximum absolute atomic E-state index is 12.5. The molecule has 1 aliphatic carbocycles. The van der Waals surface area contributed by atoms with Crippen LogP contribution >= 0.6 is 0 Å². The summed E-state index contributed by atoms with van der Waals surface area (Å²) in [5, 5.41) is 5.91. The molecule has 2 N–H and O–H groups in total. The molecule has 138 valence electrons. The molecule has 0 heterocycles. The van der Waals surface area contributed by atoms with Crippen LogP contribution in [0.2, 0.25) is 0 Å². The van der Waals surface area contributed by atoms with E-state index < -0.39 is 0 Å². The SMILES string of the molecule is CCCCCNC(=O)c1ccccc1NC(=O)CC1(C)CCCCC1. The van der Waals surface area contributed by atoms with E-state index >= 15 is 0 Å². The summed E-state index contributed by atoms with van der Waals surface area (Å²) in [5.74, 6) is -0.105. The fourth-order valence-electron chi connectivity index (χ4n) is 3.63. The smallest absolute Gasteiger partial charge is 0.253 e. The molecule has 1 fully saturated rings. The van der Waals surface area contributed by atoms with Crippen molar-refractivity contribution in [1.82, 2.24) is 5.32 Å². The van der Waals surface area contributed by atoms with Gasteiger partial charge in [-0.2, -0.15) is 0 Å². The number of carbonyl (C=O) groups is 2. The molecule has 0 bridgehead atoms. The molecule has 1 aromatic rings. The van der Waals surface area contributed by atoms with Gasteiger partial charge in [0.05, 0.1) is 11.3 Å². The monoisotopic (exact) mass is 344 g/mol. The molecule has 4 heteroatoms. The molecule has 25 heavy (non-hydrogen) atoms. The Hall–Kier alpha value is -1.84. The van der Waals surface area contributed by atoms with Crippen LogP contribution in [-0.2, 0) is 4.79 Å². The summed E-state index contributed by atoms with van der Waals surface area (Å²) in [6.45, 7) is 5.02. The van der Waals surface area contributed by atoms with Crippen molar-refractivity contribution in [3.63, 3.8) is 0 Å². The number of para-hydroxylation sites is 1. The van der Waals surface area contributed by atoms with E-state index in [1.807, 2.05) is 18.2 Å². The number of unbranched alkanes of at least 4 members (excludes halogenated alkanes) is 2. The van der Waals surface area contributed by atoms with Crippen LogP contribution in [0.4, 0.5) is 5.69 Å². The molecule has 0 aliphatic heterocycles. The van der Waals surface area contributed by atoms with Crippen LogP contribution in [0.15, 0.2) is 24.3 Å². The molecular formula is C21H32N2O2. The lowest BCUT2D eigenvalue weighted by atomic mass is 9.73. The van der Waals surface area contributed by atoms with Crippen LogP contribution in [0.3, 0.4) is 0 Å². The second kappa shape index (κ2) is 9.59. The topological polar surface area (TPSA) is 58.2 Å². The number of rotatable bonds is 8. The van der Waals surface area contributed by atoms with Crippen molar-refractivity contribution in [3.8, 4) is 0 Å². The van der Waals surface area contributed by atoms with Gasteiger partial charge in [-0.05, 0) is 36.8 Å². The maximum atomic E-state index is 12.5. The Morgan fingerprint density at radius 2 is 1.80 bits per heavy atom. The number of hydrogen-bond acceptors (Lipinski definition) is 2. The third-order valence-corrected chi connectivity index (χ3v) is 5.16. The molecule has 2 rings (SSSR count). The van der Waals surface area contributed by atoms with E-state index in [9.17, 15) is 9.59 Å². The molecule has 1 aromatic carbocycles. The van der Waals surface area contributed by atoms with Crippen molar-refractivity contribution in [2.24, 2.45) is 5.41 Å². The third-order valence-electron chi connectivity index (χ3n) is 5.16. The van der Waals surface area contributed by atoms with Crippen molar-refractivity contribution < 1.29 is 9.59 Å². The van der Waals surface area contributed by atoms with Crippen molar-refractivity contribution in [1.29, 1.82) is 0 Å². The van der Waals surface area contributed by atoms with Crippen molar-refractivity contribution in [2.45, 2.75) is 71.6 Å². The largest absolute Gasteiger partial charge is 0.352 e. The highest BCUT2D eigenvalue weighted by Crippen LogP contribution is 2.38. The summed E-state index contributed by atoms with van der Waals surface area (Å²) in [6, 6.07) is 7.26. The van der Waals surface area contributed by atoms with Crippen LogP contribution in [0.1, 0.15) is 82.0 Å². The highest BCUT2D eigenvalue weighted by Gasteiger charge is 2.29. The summed E-state index contributed by atoms with van der Waals surface area (Å²) in [7, 11) is 0. The van der Waals surface area contributed by atoms with E-state index in [2.05, 4.69) is 24.5 Å². The summed E-state index contributed by atoms with van der Waals surface area (Å²) in [5.41, 5.74) is 1.25. The second-order valence-electron chi connectivity index (χ2n) is 7.60. The predicted molar refractivity (Wildman–Crippen MR) is 103 cm³/mol. The van der Waals surface area contributed by atoms with Gasteiger partial charge in [-0.1, -0.05) is 58.1 Å². The van der Waals surface area contributed by atoms with Gasteiger partial charge in [0.1, 0.15) is 0 Å². The Kier molecular flexibility index (Phi) is 7.48. The average Bonchev–Trinajstić information content (AvgIpc) is 2.59. The fourth-order valence-corrected chi connectivity index (χ4v) is 3.63. The number of nitrogens with one attached hydrogen (secondary N) is 2. The molecule has 0 spiro atoms. The summed E-state index contributed by atoms with van der Waals surface area (Å²) < 4.78 is 0. The van der Waals surface area contributed by atoms with Crippen LogP contribution in [0.5, 0.6) is 0 Å². The molecule has 0 saturated heterocycles. The number of anilines is 1. The van der Waals surface area contributed by atoms with Gasteiger partial charge < -0.3 is 10.6 Å². The van der Waals surface area contributed by atoms with E-state index in [0.29, 0.717) is 24.2 Å². The highest BCUT2D eigenvalue weighted by atomic mass is 16.2. The first-order valence-electron chi connectivity index (χ1n) is 9.71. The third kappa shape index (κ3) is 6.18. The number of carbonyl (C=O) groups excluding carboxylic acids is 2. The van der Waals surface area contributed by atoms with Gasteiger partial charge in [-0.15, -0.1) is 0 Å². The molecule has 0 atom stereocenters.